The second-order valence-corrected chi connectivity index (χ2v) is 6.97. The van der Waals surface area contributed by atoms with Crippen molar-refractivity contribution in [2.45, 2.75) is 33.7 Å². The summed E-state index contributed by atoms with van der Waals surface area (Å²) in [5.41, 5.74) is 2.35. The van der Waals surface area contributed by atoms with E-state index in [1.807, 2.05) is 19.1 Å². The molecule has 132 valence electrons. The molecule has 1 aromatic carbocycles. The summed E-state index contributed by atoms with van der Waals surface area (Å²) in [5.74, 6) is 0.826. The average Bonchev–Trinajstić information content (AvgIpc) is 2.85. The smallest absolute Gasteiger partial charge is 0.191 e. The van der Waals surface area contributed by atoms with Gasteiger partial charge in [0, 0.05) is 23.0 Å². The predicted molar refractivity (Wildman–Crippen MR) is 115 cm³/mol. The van der Waals surface area contributed by atoms with Crippen molar-refractivity contribution in [1.82, 2.24) is 15.6 Å². The molecular formula is C17H24ClIN4S. The molecule has 0 spiro atoms. The lowest BCUT2D eigenvalue weighted by Gasteiger charge is -2.11. The van der Waals surface area contributed by atoms with Gasteiger partial charge < -0.3 is 10.6 Å². The summed E-state index contributed by atoms with van der Waals surface area (Å²) < 4.78 is 0. The zero-order chi connectivity index (χ0) is 16.7. The van der Waals surface area contributed by atoms with Crippen LogP contribution >= 0.6 is 46.9 Å². The molecule has 0 aliphatic carbocycles. The zero-order valence-corrected chi connectivity index (χ0v) is 18.1. The third-order valence-corrected chi connectivity index (χ3v) is 4.72. The Balaban J connectivity index is 0.00000288. The molecule has 0 amide bonds. The van der Waals surface area contributed by atoms with Gasteiger partial charge in [-0.1, -0.05) is 23.7 Å². The molecule has 2 rings (SSSR count). The van der Waals surface area contributed by atoms with Crippen molar-refractivity contribution >= 4 is 52.9 Å². The molecule has 24 heavy (non-hydrogen) atoms. The van der Waals surface area contributed by atoms with Gasteiger partial charge in [-0.15, -0.1) is 35.3 Å². The Kier molecular flexibility index (Phi) is 9.61. The molecule has 2 N–H and O–H groups in total. The van der Waals surface area contributed by atoms with Crippen LogP contribution in [-0.4, -0.2) is 24.0 Å². The number of nitrogens with zero attached hydrogens (tertiary/aromatic N) is 2. The van der Waals surface area contributed by atoms with Crippen LogP contribution in [0.15, 0.2) is 29.3 Å². The molecular weight excluding hydrogens is 455 g/mol. The maximum atomic E-state index is 5.90. The summed E-state index contributed by atoms with van der Waals surface area (Å²) in [6, 6.07) is 7.94. The number of aromatic nitrogens is 1. The number of hydrogen-bond acceptors (Lipinski definition) is 3. The first-order chi connectivity index (χ1) is 11.1. The van der Waals surface area contributed by atoms with Gasteiger partial charge in [-0.05, 0) is 44.9 Å². The summed E-state index contributed by atoms with van der Waals surface area (Å²) in [4.78, 5) is 10.4. The van der Waals surface area contributed by atoms with Crippen LogP contribution in [-0.2, 0) is 13.0 Å². The molecule has 0 fully saturated rings. The number of nitrogens with one attached hydrogen (secondary N) is 2. The normalized spacial score (nSPS) is 11.1. The number of halogens is 2. The molecule has 4 nitrogen and oxygen atoms in total. The number of aliphatic imine (C=N–C) groups is 1. The van der Waals surface area contributed by atoms with E-state index in [0.717, 1.165) is 41.2 Å². The predicted octanol–water partition coefficient (Wildman–Crippen LogP) is 4.33. The van der Waals surface area contributed by atoms with Crippen LogP contribution in [0.25, 0.3) is 0 Å². The fourth-order valence-corrected chi connectivity index (χ4v) is 3.06. The molecule has 0 aliphatic rings. The molecule has 0 atom stereocenters. The van der Waals surface area contributed by atoms with Crippen LogP contribution in [0.5, 0.6) is 0 Å². The second kappa shape index (κ2) is 10.9. The molecule has 0 aliphatic heterocycles. The highest BCUT2D eigenvalue weighted by molar-refractivity contribution is 14.0. The molecule has 2 aromatic rings. The van der Waals surface area contributed by atoms with Crippen molar-refractivity contribution in [3.63, 3.8) is 0 Å². The third kappa shape index (κ3) is 6.94. The van der Waals surface area contributed by atoms with E-state index >= 15 is 0 Å². The number of benzene rings is 1. The van der Waals surface area contributed by atoms with Crippen molar-refractivity contribution in [3.05, 3.63) is 50.4 Å². The Morgan fingerprint density at radius 1 is 1.21 bits per heavy atom. The van der Waals surface area contributed by atoms with E-state index in [-0.39, 0.29) is 24.0 Å². The van der Waals surface area contributed by atoms with Gasteiger partial charge in [0.15, 0.2) is 5.96 Å². The van der Waals surface area contributed by atoms with Crippen molar-refractivity contribution in [1.29, 1.82) is 0 Å². The minimum absolute atomic E-state index is 0. The molecule has 0 radical (unpaired) electrons. The van der Waals surface area contributed by atoms with Crippen LogP contribution in [0.1, 0.15) is 28.1 Å². The summed E-state index contributed by atoms with van der Waals surface area (Å²) in [6.07, 6.45) is 0.928. The molecule has 1 heterocycles. The Morgan fingerprint density at radius 3 is 2.50 bits per heavy atom. The van der Waals surface area contributed by atoms with Gasteiger partial charge in [0.1, 0.15) is 5.01 Å². The molecule has 7 heteroatoms. The summed E-state index contributed by atoms with van der Waals surface area (Å²) in [7, 11) is 0. The minimum Gasteiger partial charge on any atom is -0.357 e. The van der Waals surface area contributed by atoms with Crippen LogP contribution in [0.4, 0.5) is 0 Å². The van der Waals surface area contributed by atoms with Crippen molar-refractivity contribution in [2.75, 3.05) is 13.1 Å². The Bertz CT molecular complexity index is 636. The van der Waals surface area contributed by atoms with Crippen LogP contribution < -0.4 is 10.6 Å². The zero-order valence-electron chi connectivity index (χ0n) is 14.2. The number of guanidine groups is 1. The lowest BCUT2D eigenvalue weighted by molar-refractivity contribution is 0.798. The van der Waals surface area contributed by atoms with Gasteiger partial charge in [0.05, 0.1) is 12.2 Å². The lowest BCUT2D eigenvalue weighted by atomic mass is 10.1. The third-order valence-electron chi connectivity index (χ3n) is 3.41. The van der Waals surface area contributed by atoms with E-state index in [9.17, 15) is 0 Å². The highest BCUT2D eigenvalue weighted by atomic mass is 127. The lowest BCUT2D eigenvalue weighted by Crippen LogP contribution is -2.38. The van der Waals surface area contributed by atoms with Gasteiger partial charge in [0.25, 0.3) is 0 Å². The number of rotatable bonds is 6. The molecule has 0 bridgehead atoms. The van der Waals surface area contributed by atoms with E-state index < -0.39 is 0 Å². The van der Waals surface area contributed by atoms with Gasteiger partial charge in [-0.2, -0.15) is 0 Å². The van der Waals surface area contributed by atoms with E-state index in [4.69, 9.17) is 11.6 Å². The van der Waals surface area contributed by atoms with Gasteiger partial charge in [-0.25, -0.2) is 9.98 Å². The van der Waals surface area contributed by atoms with E-state index in [1.165, 1.54) is 10.4 Å². The van der Waals surface area contributed by atoms with Crippen molar-refractivity contribution in [2.24, 2.45) is 4.99 Å². The second-order valence-electron chi connectivity index (χ2n) is 5.25. The highest BCUT2D eigenvalue weighted by Gasteiger charge is 2.04. The molecule has 0 saturated heterocycles. The largest absolute Gasteiger partial charge is 0.357 e. The fourth-order valence-electron chi connectivity index (χ4n) is 2.07. The quantitative estimate of drug-likeness (QED) is 0.369. The van der Waals surface area contributed by atoms with Gasteiger partial charge in [-0.3, -0.25) is 0 Å². The van der Waals surface area contributed by atoms with Crippen LogP contribution in [0.3, 0.4) is 0 Å². The Labute approximate surface area is 170 Å². The monoisotopic (exact) mass is 478 g/mol. The summed E-state index contributed by atoms with van der Waals surface area (Å²) in [5, 5.41) is 8.44. The first-order valence-corrected chi connectivity index (χ1v) is 8.97. The Morgan fingerprint density at radius 2 is 1.92 bits per heavy atom. The standard InChI is InChI=1S/C17H23ClN4S.HI/c1-4-19-17(21-11-16-22-12(2)13(3)23-16)20-10-9-14-5-7-15(18)8-6-14;/h5-8H,4,9-11H2,1-3H3,(H2,19,20,21);1H. The van der Waals surface area contributed by atoms with Crippen molar-refractivity contribution in [3.8, 4) is 0 Å². The van der Waals surface area contributed by atoms with Crippen LogP contribution in [0.2, 0.25) is 5.02 Å². The number of hydrogen-bond donors (Lipinski definition) is 2. The SMILES string of the molecule is CCNC(=NCc1nc(C)c(C)s1)NCCc1ccc(Cl)cc1.I. The van der Waals surface area contributed by atoms with E-state index in [2.05, 4.69) is 46.6 Å². The van der Waals surface area contributed by atoms with E-state index in [0.29, 0.717) is 6.54 Å². The van der Waals surface area contributed by atoms with E-state index in [1.54, 1.807) is 11.3 Å². The molecule has 0 unspecified atom stereocenters. The maximum Gasteiger partial charge on any atom is 0.191 e. The highest BCUT2D eigenvalue weighted by Crippen LogP contribution is 2.16. The molecule has 1 aromatic heterocycles. The Hall–Kier alpha value is -0.860. The van der Waals surface area contributed by atoms with Gasteiger partial charge in [0.2, 0.25) is 0 Å². The topological polar surface area (TPSA) is 49.3 Å². The maximum absolute atomic E-state index is 5.90. The van der Waals surface area contributed by atoms with Gasteiger partial charge >= 0.3 is 0 Å². The minimum atomic E-state index is 0. The fraction of sp³-hybridized carbons (Fsp3) is 0.412. The first-order valence-electron chi connectivity index (χ1n) is 7.78. The summed E-state index contributed by atoms with van der Waals surface area (Å²) in [6.45, 7) is 8.46. The van der Waals surface area contributed by atoms with Crippen molar-refractivity contribution < 1.29 is 0 Å². The number of thiazole rings is 1. The van der Waals surface area contributed by atoms with Crippen LogP contribution in [0, 0.1) is 13.8 Å². The average molecular weight is 479 g/mol. The summed E-state index contributed by atoms with van der Waals surface area (Å²) >= 11 is 7.61. The first kappa shape index (κ1) is 21.2. The number of aryl methyl sites for hydroxylation is 2. The molecule has 0 saturated carbocycles.